The van der Waals surface area contributed by atoms with Gasteiger partial charge in [0.1, 0.15) is 11.3 Å². The lowest BCUT2D eigenvalue weighted by Gasteiger charge is -2.30. The standard InChI is InChI=1S/C18H20BrN3O2.2ClH/c1-12-7-9-20-11-16(12)22-17(23)15-6-3-8-21-18(15)24-14-5-2-4-13(19)10-14;;/h2-6,8,10,12,16,20H,7,9,11H2,1H3,(H,22,23);2*1H. The zero-order chi connectivity index (χ0) is 16.9. The summed E-state index contributed by atoms with van der Waals surface area (Å²) in [6, 6.07) is 11.0. The van der Waals surface area contributed by atoms with Crippen LogP contribution in [-0.2, 0) is 0 Å². The van der Waals surface area contributed by atoms with Crippen molar-refractivity contribution in [2.24, 2.45) is 5.92 Å². The van der Waals surface area contributed by atoms with Gasteiger partial charge in [0.15, 0.2) is 0 Å². The molecular weight excluding hydrogens is 441 g/mol. The van der Waals surface area contributed by atoms with Gasteiger partial charge in [-0.15, -0.1) is 24.8 Å². The van der Waals surface area contributed by atoms with Gasteiger partial charge in [-0.3, -0.25) is 4.79 Å². The summed E-state index contributed by atoms with van der Waals surface area (Å²) in [5.41, 5.74) is 0.440. The fourth-order valence-corrected chi connectivity index (χ4v) is 3.09. The molecular formula is C18H22BrCl2N3O2. The normalized spacial score (nSPS) is 18.8. The zero-order valence-electron chi connectivity index (χ0n) is 14.3. The topological polar surface area (TPSA) is 63.2 Å². The van der Waals surface area contributed by atoms with Crippen LogP contribution in [0.5, 0.6) is 11.6 Å². The van der Waals surface area contributed by atoms with E-state index in [9.17, 15) is 4.79 Å². The highest BCUT2D eigenvalue weighted by Gasteiger charge is 2.24. The van der Waals surface area contributed by atoms with Crippen LogP contribution in [0, 0.1) is 5.92 Å². The quantitative estimate of drug-likeness (QED) is 0.714. The Labute approximate surface area is 174 Å². The molecule has 1 saturated heterocycles. The summed E-state index contributed by atoms with van der Waals surface area (Å²) in [5, 5.41) is 6.41. The fourth-order valence-electron chi connectivity index (χ4n) is 2.72. The number of carbonyl (C=O) groups is 1. The molecule has 2 atom stereocenters. The molecule has 1 fully saturated rings. The minimum Gasteiger partial charge on any atom is -0.438 e. The molecule has 1 amide bonds. The number of hydrogen-bond acceptors (Lipinski definition) is 4. The summed E-state index contributed by atoms with van der Waals surface area (Å²) in [6.45, 7) is 3.95. The molecule has 1 aliphatic rings. The number of pyridine rings is 1. The van der Waals surface area contributed by atoms with Gasteiger partial charge in [-0.2, -0.15) is 0 Å². The fraction of sp³-hybridized carbons (Fsp3) is 0.333. The second kappa shape index (κ2) is 10.7. The van der Waals surface area contributed by atoms with Crippen molar-refractivity contribution in [2.45, 2.75) is 19.4 Å². The molecule has 1 aliphatic heterocycles. The van der Waals surface area contributed by atoms with Gasteiger partial charge in [-0.25, -0.2) is 4.98 Å². The van der Waals surface area contributed by atoms with E-state index in [-0.39, 0.29) is 36.8 Å². The number of ether oxygens (including phenoxy) is 1. The van der Waals surface area contributed by atoms with E-state index in [4.69, 9.17) is 4.74 Å². The second-order valence-electron chi connectivity index (χ2n) is 5.97. The Bertz CT molecular complexity index is 733. The van der Waals surface area contributed by atoms with Crippen LogP contribution < -0.4 is 15.4 Å². The number of piperidine rings is 1. The molecule has 2 N–H and O–H groups in total. The molecule has 0 radical (unpaired) electrons. The molecule has 1 aromatic heterocycles. The Hall–Kier alpha value is -1.34. The van der Waals surface area contributed by atoms with E-state index in [1.165, 1.54) is 0 Å². The lowest BCUT2D eigenvalue weighted by atomic mass is 9.94. The van der Waals surface area contributed by atoms with Crippen LogP contribution in [-0.4, -0.2) is 30.0 Å². The van der Waals surface area contributed by atoms with Gasteiger partial charge in [-0.1, -0.05) is 28.9 Å². The average molecular weight is 463 g/mol. The molecule has 26 heavy (non-hydrogen) atoms. The molecule has 0 spiro atoms. The molecule has 5 nitrogen and oxygen atoms in total. The summed E-state index contributed by atoms with van der Waals surface area (Å²) in [5.74, 6) is 1.23. The van der Waals surface area contributed by atoms with E-state index in [1.54, 1.807) is 18.3 Å². The minimum atomic E-state index is -0.159. The van der Waals surface area contributed by atoms with Crippen LogP contribution in [0.25, 0.3) is 0 Å². The van der Waals surface area contributed by atoms with Crippen molar-refractivity contribution < 1.29 is 9.53 Å². The highest BCUT2D eigenvalue weighted by Crippen LogP contribution is 2.25. The van der Waals surface area contributed by atoms with Crippen molar-refractivity contribution in [3.8, 4) is 11.6 Å². The lowest BCUT2D eigenvalue weighted by molar-refractivity contribution is 0.0912. The third-order valence-electron chi connectivity index (χ3n) is 4.17. The second-order valence-corrected chi connectivity index (χ2v) is 6.88. The summed E-state index contributed by atoms with van der Waals surface area (Å²) in [6.07, 6.45) is 2.67. The number of benzene rings is 1. The molecule has 0 aliphatic carbocycles. The molecule has 2 aromatic rings. The highest BCUT2D eigenvalue weighted by atomic mass is 79.9. The van der Waals surface area contributed by atoms with Gasteiger partial charge < -0.3 is 15.4 Å². The van der Waals surface area contributed by atoms with Crippen LogP contribution >= 0.6 is 40.7 Å². The first-order valence-electron chi connectivity index (χ1n) is 8.03. The van der Waals surface area contributed by atoms with Gasteiger partial charge in [0.25, 0.3) is 5.91 Å². The van der Waals surface area contributed by atoms with Crippen LogP contribution in [0.3, 0.4) is 0 Å². The summed E-state index contributed by atoms with van der Waals surface area (Å²) < 4.78 is 6.72. The van der Waals surface area contributed by atoms with Gasteiger partial charge in [0, 0.05) is 23.3 Å². The third-order valence-corrected chi connectivity index (χ3v) is 4.66. The van der Waals surface area contributed by atoms with E-state index < -0.39 is 0 Å². The first-order valence-corrected chi connectivity index (χ1v) is 8.83. The summed E-state index contributed by atoms with van der Waals surface area (Å²) >= 11 is 3.41. The Morgan fingerprint density at radius 1 is 1.31 bits per heavy atom. The van der Waals surface area contributed by atoms with Gasteiger partial charge >= 0.3 is 0 Å². The number of hydrogen-bond donors (Lipinski definition) is 2. The maximum atomic E-state index is 12.7. The number of amides is 1. The van der Waals surface area contributed by atoms with Crippen molar-refractivity contribution in [2.75, 3.05) is 13.1 Å². The lowest BCUT2D eigenvalue weighted by Crippen LogP contribution is -2.50. The molecule has 0 saturated carbocycles. The smallest absolute Gasteiger partial charge is 0.257 e. The van der Waals surface area contributed by atoms with E-state index in [0.717, 1.165) is 24.0 Å². The first kappa shape index (κ1) is 22.7. The predicted octanol–water partition coefficient (Wildman–Crippen LogP) is 4.21. The predicted molar refractivity (Wildman–Crippen MR) is 111 cm³/mol. The third kappa shape index (κ3) is 5.84. The molecule has 3 rings (SSSR count). The van der Waals surface area contributed by atoms with Crippen LogP contribution in [0.1, 0.15) is 23.7 Å². The van der Waals surface area contributed by atoms with Crippen molar-refractivity contribution in [1.29, 1.82) is 0 Å². The number of aromatic nitrogens is 1. The summed E-state index contributed by atoms with van der Waals surface area (Å²) in [7, 11) is 0. The minimum absolute atomic E-state index is 0. The molecule has 2 heterocycles. The number of halogens is 3. The van der Waals surface area contributed by atoms with Crippen molar-refractivity contribution in [1.82, 2.24) is 15.6 Å². The molecule has 0 bridgehead atoms. The van der Waals surface area contributed by atoms with Gasteiger partial charge in [0.05, 0.1) is 0 Å². The Kier molecular flexibility index (Phi) is 9.36. The number of nitrogens with one attached hydrogen (secondary N) is 2. The first-order chi connectivity index (χ1) is 11.6. The van der Waals surface area contributed by atoms with Crippen LogP contribution in [0.15, 0.2) is 47.1 Å². The van der Waals surface area contributed by atoms with Crippen LogP contribution in [0.2, 0.25) is 0 Å². The maximum Gasteiger partial charge on any atom is 0.257 e. The SMILES string of the molecule is CC1CCNCC1NC(=O)c1cccnc1Oc1cccc(Br)c1.Cl.Cl. The Balaban J connectivity index is 0.00000169. The number of nitrogens with zero attached hydrogens (tertiary/aromatic N) is 1. The van der Waals surface area contributed by atoms with E-state index in [1.807, 2.05) is 24.3 Å². The molecule has 2 unspecified atom stereocenters. The number of carbonyl (C=O) groups excluding carboxylic acids is 1. The molecule has 1 aromatic carbocycles. The van der Waals surface area contributed by atoms with Crippen molar-refractivity contribution >= 4 is 46.7 Å². The Morgan fingerprint density at radius 2 is 2.12 bits per heavy atom. The molecule has 142 valence electrons. The Morgan fingerprint density at radius 3 is 2.85 bits per heavy atom. The summed E-state index contributed by atoms with van der Waals surface area (Å²) in [4.78, 5) is 16.9. The highest BCUT2D eigenvalue weighted by molar-refractivity contribution is 9.10. The average Bonchev–Trinajstić information content (AvgIpc) is 2.57. The van der Waals surface area contributed by atoms with Crippen LogP contribution in [0.4, 0.5) is 0 Å². The van der Waals surface area contributed by atoms with E-state index in [2.05, 4.69) is 38.5 Å². The van der Waals surface area contributed by atoms with Crippen molar-refractivity contribution in [3.05, 3.63) is 52.6 Å². The maximum absolute atomic E-state index is 12.7. The van der Waals surface area contributed by atoms with E-state index in [0.29, 0.717) is 23.1 Å². The largest absolute Gasteiger partial charge is 0.438 e. The van der Waals surface area contributed by atoms with Crippen molar-refractivity contribution in [3.63, 3.8) is 0 Å². The number of rotatable bonds is 4. The molecule has 8 heteroatoms. The van der Waals surface area contributed by atoms with E-state index >= 15 is 0 Å². The monoisotopic (exact) mass is 461 g/mol. The van der Waals surface area contributed by atoms with Gasteiger partial charge in [0.2, 0.25) is 5.88 Å². The van der Waals surface area contributed by atoms with Gasteiger partial charge in [-0.05, 0) is 49.2 Å². The zero-order valence-corrected chi connectivity index (χ0v) is 17.5.